The van der Waals surface area contributed by atoms with Crippen LogP contribution in [-0.4, -0.2) is 39.5 Å². The van der Waals surface area contributed by atoms with E-state index in [1.54, 1.807) is 13.1 Å². The van der Waals surface area contributed by atoms with E-state index in [1.165, 1.54) is 12.1 Å². The normalized spacial score (nSPS) is 15.7. The zero-order valence-electron chi connectivity index (χ0n) is 14.9. The van der Waals surface area contributed by atoms with Gasteiger partial charge in [-0.2, -0.15) is 5.10 Å². The van der Waals surface area contributed by atoms with Gasteiger partial charge in [0, 0.05) is 30.1 Å². The van der Waals surface area contributed by atoms with Gasteiger partial charge in [-0.25, -0.2) is 8.78 Å². The highest BCUT2D eigenvalue weighted by molar-refractivity contribution is 5.92. The third-order valence-corrected chi connectivity index (χ3v) is 4.78. The molecule has 27 heavy (non-hydrogen) atoms. The summed E-state index contributed by atoms with van der Waals surface area (Å²) in [6.45, 7) is 4.71. The second-order valence-electron chi connectivity index (χ2n) is 6.81. The second-order valence-corrected chi connectivity index (χ2v) is 6.81. The van der Waals surface area contributed by atoms with Crippen LogP contribution in [0.1, 0.15) is 24.2 Å². The van der Waals surface area contributed by atoms with E-state index in [9.17, 15) is 13.9 Å². The summed E-state index contributed by atoms with van der Waals surface area (Å²) in [7, 11) is 0. The summed E-state index contributed by atoms with van der Waals surface area (Å²) in [6.07, 6.45) is 1.42. The highest BCUT2D eigenvalue weighted by Crippen LogP contribution is 2.30. The Morgan fingerprint density at radius 3 is 2.70 bits per heavy atom. The molecule has 1 atom stereocenters. The highest BCUT2D eigenvalue weighted by Gasteiger charge is 2.25. The van der Waals surface area contributed by atoms with Gasteiger partial charge >= 0.3 is 0 Å². The monoisotopic (exact) mass is 371 g/mol. The summed E-state index contributed by atoms with van der Waals surface area (Å²) in [4.78, 5) is 6.50. The number of pyridine rings is 1. The van der Waals surface area contributed by atoms with Gasteiger partial charge in [0.2, 0.25) is 0 Å². The van der Waals surface area contributed by atoms with Crippen molar-refractivity contribution in [3.63, 3.8) is 0 Å². The Balaban J connectivity index is 1.70. The molecule has 4 rings (SSSR count). The lowest BCUT2D eigenvalue weighted by atomic mass is 10.1. The van der Waals surface area contributed by atoms with Crippen molar-refractivity contribution < 1.29 is 13.9 Å². The average Bonchev–Trinajstić information content (AvgIpc) is 2.61. The molecule has 3 aromatic rings. The van der Waals surface area contributed by atoms with Crippen molar-refractivity contribution in [2.75, 3.05) is 23.3 Å². The largest absolute Gasteiger partial charge is 0.389 e. The lowest BCUT2D eigenvalue weighted by Crippen LogP contribution is -2.50. The zero-order valence-corrected chi connectivity index (χ0v) is 14.9. The van der Waals surface area contributed by atoms with Crippen molar-refractivity contribution in [3.05, 3.63) is 53.4 Å². The number of aryl methyl sites for hydroxylation is 1. The molecule has 3 heterocycles. The SMILES string of the molecule is Cc1nnc(N[C@H](C)c2ccc(F)cc2F)c2cc(N3CC(O)C3)cnc12. The van der Waals surface area contributed by atoms with Crippen molar-refractivity contribution in [1.29, 1.82) is 0 Å². The fraction of sp³-hybridized carbons (Fsp3) is 0.316. The van der Waals surface area contributed by atoms with Gasteiger partial charge in [0.15, 0.2) is 5.82 Å². The molecule has 1 aliphatic rings. The van der Waals surface area contributed by atoms with E-state index in [0.29, 0.717) is 35.7 Å². The smallest absolute Gasteiger partial charge is 0.158 e. The quantitative estimate of drug-likeness (QED) is 0.735. The summed E-state index contributed by atoms with van der Waals surface area (Å²) in [5.74, 6) is -0.760. The van der Waals surface area contributed by atoms with Gasteiger partial charge in [-0.1, -0.05) is 6.07 Å². The topological polar surface area (TPSA) is 74.2 Å². The molecule has 1 fully saturated rings. The Morgan fingerprint density at radius 2 is 2.00 bits per heavy atom. The first-order valence-electron chi connectivity index (χ1n) is 8.70. The van der Waals surface area contributed by atoms with Gasteiger partial charge in [-0.05, 0) is 26.0 Å². The van der Waals surface area contributed by atoms with Gasteiger partial charge in [0.05, 0.1) is 35.2 Å². The first-order valence-corrected chi connectivity index (χ1v) is 8.70. The second kappa shape index (κ2) is 6.70. The Hall–Kier alpha value is -2.87. The van der Waals surface area contributed by atoms with Gasteiger partial charge < -0.3 is 15.3 Å². The van der Waals surface area contributed by atoms with E-state index >= 15 is 0 Å². The number of anilines is 2. The predicted molar refractivity (Wildman–Crippen MR) is 98.7 cm³/mol. The number of nitrogens with zero attached hydrogens (tertiary/aromatic N) is 4. The Bertz CT molecular complexity index is 1010. The van der Waals surface area contributed by atoms with Crippen LogP contribution in [0.4, 0.5) is 20.3 Å². The van der Waals surface area contributed by atoms with E-state index in [1.807, 2.05) is 17.9 Å². The van der Waals surface area contributed by atoms with Crippen LogP contribution in [0.15, 0.2) is 30.5 Å². The average molecular weight is 371 g/mol. The lowest BCUT2D eigenvalue weighted by Gasteiger charge is -2.37. The molecule has 6 nitrogen and oxygen atoms in total. The van der Waals surface area contributed by atoms with Crippen molar-refractivity contribution in [2.24, 2.45) is 0 Å². The minimum absolute atomic E-state index is 0.322. The van der Waals surface area contributed by atoms with E-state index in [2.05, 4.69) is 20.5 Å². The molecule has 0 bridgehead atoms. The molecular formula is C19H19F2N5O. The highest BCUT2D eigenvalue weighted by atomic mass is 19.1. The molecule has 0 amide bonds. The maximum atomic E-state index is 14.1. The summed E-state index contributed by atoms with van der Waals surface area (Å²) in [6, 6.07) is 5.00. The molecule has 0 saturated carbocycles. The molecule has 2 N–H and O–H groups in total. The van der Waals surface area contributed by atoms with Crippen LogP contribution >= 0.6 is 0 Å². The number of fused-ring (bicyclic) bond motifs is 1. The van der Waals surface area contributed by atoms with Gasteiger partial charge in [-0.15, -0.1) is 5.10 Å². The first kappa shape index (κ1) is 17.5. The molecule has 8 heteroatoms. The molecule has 0 spiro atoms. The van der Waals surface area contributed by atoms with Gasteiger partial charge in [0.1, 0.15) is 11.6 Å². The predicted octanol–water partition coefficient (Wildman–Crippen LogP) is 2.97. The number of aliphatic hydroxyl groups excluding tert-OH is 1. The zero-order chi connectivity index (χ0) is 19.1. The molecular weight excluding hydrogens is 352 g/mol. The van der Waals surface area contributed by atoms with Crippen molar-refractivity contribution in [3.8, 4) is 0 Å². The molecule has 0 radical (unpaired) electrons. The van der Waals surface area contributed by atoms with Crippen LogP contribution in [0.3, 0.4) is 0 Å². The molecule has 1 aliphatic heterocycles. The number of halogens is 2. The van der Waals surface area contributed by atoms with Gasteiger partial charge in [-0.3, -0.25) is 4.98 Å². The summed E-state index contributed by atoms with van der Waals surface area (Å²) < 4.78 is 27.2. The van der Waals surface area contributed by atoms with Crippen molar-refractivity contribution >= 4 is 22.4 Å². The van der Waals surface area contributed by atoms with E-state index in [-0.39, 0.29) is 6.10 Å². The van der Waals surface area contributed by atoms with Crippen LogP contribution in [-0.2, 0) is 0 Å². The maximum absolute atomic E-state index is 14.1. The minimum Gasteiger partial charge on any atom is -0.389 e. The van der Waals surface area contributed by atoms with Crippen LogP contribution in [0.2, 0.25) is 0 Å². The van der Waals surface area contributed by atoms with Crippen LogP contribution < -0.4 is 10.2 Å². The van der Waals surface area contributed by atoms with Crippen molar-refractivity contribution in [1.82, 2.24) is 15.2 Å². The van der Waals surface area contributed by atoms with Crippen molar-refractivity contribution in [2.45, 2.75) is 26.0 Å². The molecule has 0 unspecified atom stereocenters. The maximum Gasteiger partial charge on any atom is 0.158 e. The van der Waals surface area contributed by atoms with Crippen LogP contribution in [0.5, 0.6) is 0 Å². The number of hydrogen-bond acceptors (Lipinski definition) is 6. The van der Waals surface area contributed by atoms with E-state index < -0.39 is 17.7 Å². The van der Waals surface area contributed by atoms with E-state index in [4.69, 9.17) is 0 Å². The summed E-state index contributed by atoms with van der Waals surface area (Å²) in [5, 5.41) is 21.8. The summed E-state index contributed by atoms with van der Waals surface area (Å²) >= 11 is 0. The minimum atomic E-state index is -0.618. The fourth-order valence-electron chi connectivity index (χ4n) is 3.23. The molecule has 1 aromatic carbocycles. The number of nitrogens with one attached hydrogen (secondary N) is 1. The van der Waals surface area contributed by atoms with Crippen LogP contribution in [0, 0.1) is 18.6 Å². The molecule has 2 aromatic heterocycles. The number of β-amino-alcohol motifs (C(OH)–C–C–N with tert-alkyl or cyclic N) is 1. The molecule has 0 aliphatic carbocycles. The first-order chi connectivity index (χ1) is 12.9. The number of aromatic nitrogens is 3. The number of benzene rings is 1. The van der Waals surface area contributed by atoms with Crippen LogP contribution in [0.25, 0.3) is 10.9 Å². The third-order valence-electron chi connectivity index (χ3n) is 4.78. The summed E-state index contributed by atoms with van der Waals surface area (Å²) in [5.41, 5.74) is 2.60. The van der Waals surface area contributed by atoms with Gasteiger partial charge in [0.25, 0.3) is 0 Å². The molecule has 140 valence electrons. The molecule has 1 saturated heterocycles. The number of rotatable bonds is 4. The Kier molecular flexibility index (Phi) is 4.35. The standard InChI is InChI=1S/C19H19F2N5O/c1-10(15-4-3-12(20)5-17(15)21)23-19-16-6-13(26-8-14(27)9-26)7-22-18(16)11(2)24-25-19/h3-7,10,14,27H,8-9H2,1-2H3,(H,23,25)/t10-/m1/s1. The Morgan fingerprint density at radius 1 is 1.22 bits per heavy atom. The lowest BCUT2D eigenvalue weighted by molar-refractivity contribution is 0.142. The number of aliphatic hydroxyl groups is 1. The Labute approximate surface area is 154 Å². The fourth-order valence-corrected chi connectivity index (χ4v) is 3.23. The third kappa shape index (κ3) is 3.28. The number of hydrogen-bond donors (Lipinski definition) is 2. The van der Waals surface area contributed by atoms with E-state index in [0.717, 1.165) is 17.1 Å².